The Hall–Kier alpha value is -3.49. The van der Waals surface area contributed by atoms with Crippen LogP contribution in [0.25, 0.3) is 0 Å². The quantitative estimate of drug-likeness (QED) is 0.687. The van der Waals surface area contributed by atoms with E-state index >= 15 is 0 Å². The van der Waals surface area contributed by atoms with Gasteiger partial charge >= 0.3 is 6.61 Å². The number of methoxy groups -OCH3 is 1. The second-order valence-corrected chi connectivity index (χ2v) is 5.42. The highest BCUT2D eigenvalue weighted by Crippen LogP contribution is 2.29. The molecule has 140 valence electrons. The van der Waals surface area contributed by atoms with E-state index in [1.54, 1.807) is 23.1 Å². The third-order valence-electron chi connectivity index (χ3n) is 3.57. The van der Waals surface area contributed by atoms with Crippen molar-refractivity contribution in [2.24, 2.45) is 0 Å². The van der Waals surface area contributed by atoms with E-state index in [0.717, 1.165) is 5.69 Å². The number of alkyl halides is 2. The summed E-state index contributed by atoms with van der Waals surface area (Å²) in [4.78, 5) is 16.6. The summed E-state index contributed by atoms with van der Waals surface area (Å²) in [5.74, 6) is -0.310. The summed E-state index contributed by atoms with van der Waals surface area (Å²) in [5, 5.41) is 6.85. The van der Waals surface area contributed by atoms with Crippen LogP contribution in [-0.2, 0) is 6.54 Å². The molecule has 3 aromatic rings. The Morgan fingerprint density at radius 3 is 2.78 bits per heavy atom. The van der Waals surface area contributed by atoms with E-state index < -0.39 is 12.5 Å². The normalized spacial score (nSPS) is 10.7. The molecule has 1 amide bonds. The highest BCUT2D eigenvalue weighted by Gasteiger charge is 2.15. The lowest BCUT2D eigenvalue weighted by molar-refractivity contribution is -0.0512. The van der Waals surface area contributed by atoms with Gasteiger partial charge in [0.05, 0.1) is 19.3 Å². The highest BCUT2D eigenvalue weighted by molar-refractivity contribution is 6.04. The first-order valence-electron chi connectivity index (χ1n) is 7.92. The summed E-state index contributed by atoms with van der Waals surface area (Å²) in [7, 11) is 1.32. The van der Waals surface area contributed by atoms with E-state index in [1.807, 2.05) is 18.2 Å². The molecule has 2 aromatic heterocycles. The van der Waals surface area contributed by atoms with Crippen LogP contribution in [0.15, 0.2) is 54.9 Å². The van der Waals surface area contributed by atoms with E-state index in [4.69, 9.17) is 4.74 Å². The van der Waals surface area contributed by atoms with Gasteiger partial charge in [-0.3, -0.25) is 14.5 Å². The zero-order valence-corrected chi connectivity index (χ0v) is 14.3. The van der Waals surface area contributed by atoms with Gasteiger partial charge in [0.25, 0.3) is 5.91 Å². The molecular weight excluding hydrogens is 358 g/mol. The Bertz CT molecular complexity index is 916. The maximum Gasteiger partial charge on any atom is 0.387 e. The molecular formula is C18H16F2N4O3. The Labute approximate surface area is 153 Å². The van der Waals surface area contributed by atoms with E-state index in [9.17, 15) is 13.6 Å². The standard InChI is InChI=1S/C18H16F2N4O3/c1-26-14-6-5-12(10-15(14)27-18(19)20)17(25)22-16-7-9-24(23-16)11-13-4-2-3-8-21-13/h2-10,18H,11H2,1H3,(H,22,23,25). The number of amides is 1. The molecule has 0 aliphatic rings. The maximum atomic E-state index is 12.5. The van der Waals surface area contributed by atoms with Crippen molar-refractivity contribution >= 4 is 11.7 Å². The lowest BCUT2D eigenvalue weighted by Crippen LogP contribution is -2.14. The maximum absolute atomic E-state index is 12.5. The Balaban J connectivity index is 1.70. The first-order valence-corrected chi connectivity index (χ1v) is 7.92. The van der Waals surface area contributed by atoms with Crippen LogP contribution in [0, 0.1) is 0 Å². The molecule has 7 nitrogen and oxygen atoms in total. The first-order chi connectivity index (χ1) is 13.0. The number of benzene rings is 1. The van der Waals surface area contributed by atoms with Crippen molar-refractivity contribution in [1.29, 1.82) is 0 Å². The van der Waals surface area contributed by atoms with Crippen LogP contribution in [0.4, 0.5) is 14.6 Å². The average Bonchev–Trinajstić information content (AvgIpc) is 3.08. The number of anilines is 1. The predicted molar refractivity (Wildman–Crippen MR) is 93.1 cm³/mol. The molecule has 1 aromatic carbocycles. The molecule has 0 aliphatic carbocycles. The smallest absolute Gasteiger partial charge is 0.387 e. The van der Waals surface area contributed by atoms with Gasteiger partial charge in [0.15, 0.2) is 17.3 Å². The van der Waals surface area contributed by atoms with Crippen molar-refractivity contribution in [3.63, 3.8) is 0 Å². The number of carbonyl (C=O) groups is 1. The van der Waals surface area contributed by atoms with E-state index in [1.165, 1.54) is 25.3 Å². The van der Waals surface area contributed by atoms with Gasteiger partial charge in [-0.25, -0.2) is 0 Å². The lowest BCUT2D eigenvalue weighted by atomic mass is 10.2. The molecule has 2 heterocycles. The van der Waals surface area contributed by atoms with Gasteiger partial charge in [-0.2, -0.15) is 13.9 Å². The number of ether oxygens (including phenoxy) is 2. The summed E-state index contributed by atoms with van der Waals surface area (Å²) in [5.41, 5.74) is 0.952. The van der Waals surface area contributed by atoms with Gasteiger partial charge in [0, 0.05) is 24.0 Å². The predicted octanol–water partition coefficient (Wildman–Crippen LogP) is 3.19. The van der Waals surface area contributed by atoms with Crippen molar-refractivity contribution in [3.05, 3.63) is 66.1 Å². The first kappa shape index (κ1) is 18.3. The summed E-state index contributed by atoms with van der Waals surface area (Å²) in [6.45, 7) is -2.58. The second-order valence-electron chi connectivity index (χ2n) is 5.42. The van der Waals surface area contributed by atoms with Crippen molar-refractivity contribution in [2.45, 2.75) is 13.2 Å². The van der Waals surface area contributed by atoms with Gasteiger partial charge in [-0.05, 0) is 30.3 Å². The molecule has 0 atom stereocenters. The van der Waals surface area contributed by atoms with Gasteiger partial charge in [0.2, 0.25) is 0 Å². The molecule has 0 saturated heterocycles. The molecule has 9 heteroatoms. The molecule has 0 aliphatic heterocycles. The summed E-state index contributed by atoms with van der Waals surface area (Å²) in [6, 6.07) is 11.2. The molecule has 1 N–H and O–H groups in total. The fourth-order valence-corrected chi connectivity index (χ4v) is 2.37. The second kappa shape index (κ2) is 8.26. The largest absolute Gasteiger partial charge is 0.493 e. The number of hydrogen-bond acceptors (Lipinski definition) is 5. The van der Waals surface area contributed by atoms with Crippen molar-refractivity contribution in [2.75, 3.05) is 12.4 Å². The van der Waals surface area contributed by atoms with Crippen LogP contribution in [-0.4, -0.2) is 34.4 Å². The van der Waals surface area contributed by atoms with Crippen LogP contribution in [0.1, 0.15) is 16.1 Å². The van der Waals surface area contributed by atoms with Gasteiger partial charge < -0.3 is 14.8 Å². The number of pyridine rings is 1. The molecule has 0 bridgehead atoms. The number of aromatic nitrogens is 3. The number of hydrogen-bond donors (Lipinski definition) is 1. The van der Waals surface area contributed by atoms with Crippen molar-refractivity contribution in [3.8, 4) is 11.5 Å². The zero-order chi connectivity index (χ0) is 19.2. The third-order valence-corrected chi connectivity index (χ3v) is 3.57. The molecule has 0 saturated carbocycles. The van der Waals surface area contributed by atoms with Crippen LogP contribution in [0.2, 0.25) is 0 Å². The van der Waals surface area contributed by atoms with Gasteiger partial charge in [-0.1, -0.05) is 6.07 Å². The SMILES string of the molecule is COc1ccc(C(=O)Nc2ccn(Cc3ccccn3)n2)cc1OC(F)F. The Kier molecular flexibility index (Phi) is 5.60. The van der Waals surface area contributed by atoms with Crippen LogP contribution in [0.3, 0.4) is 0 Å². The summed E-state index contributed by atoms with van der Waals surface area (Å²) >= 11 is 0. The fraction of sp³-hybridized carbons (Fsp3) is 0.167. The minimum atomic E-state index is -3.03. The summed E-state index contributed by atoms with van der Waals surface area (Å²) in [6.07, 6.45) is 3.38. The fourth-order valence-electron chi connectivity index (χ4n) is 2.37. The van der Waals surface area contributed by atoms with Crippen LogP contribution in [0.5, 0.6) is 11.5 Å². The van der Waals surface area contributed by atoms with Gasteiger partial charge in [-0.15, -0.1) is 0 Å². The number of rotatable bonds is 7. The summed E-state index contributed by atoms with van der Waals surface area (Å²) < 4.78 is 36.0. The number of nitrogens with one attached hydrogen (secondary N) is 1. The lowest BCUT2D eigenvalue weighted by Gasteiger charge is -2.11. The molecule has 27 heavy (non-hydrogen) atoms. The average molecular weight is 374 g/mol. The molecule has 0 fully saturated rings. The minimum Gasteiger partial charge on any atom is -0.493 e. The highest BCUT2D eigenvalue weighted by atomic mass is 19.3. The monoisotopic (exact) mass is 374 g/mol. The van der Waals surface area contributed by atoms with Gasteiger partial charge in [0.1, 0.15) is 0 Å². The minimum absolute atomic E-state index is 0.103. The molecule has 0 spiro atoms. The van der Waals surface area contributed by atoms with E-state index in [2.05, 4.69) is 20.1 Å². The van der Waals surface area contributed by atoms with Crippen molar-refractivity contribution in [1.82, 2.24) is 14.8 Å². The Morgan fingerprint density at radius 2 is 2.07 bits per heavy atom. The molecule has 0 unspecified atom stereocenters. The number of halogens is 2. The Morgan fingerprint density at radius 1 is 1.22 bits per heavy atom. The van der Waals surface area contributed by atoms with Crippen LogP contribution >= 0.6 is 0 Å². The van der Waals surface area contributed by atoms with E-state index in [-0.39, 0.29) is 17.1 Å². The number of carbonyl (C=O) groups excluding carboxylic acids is 1. The topological polar surface area (TPSA) is 78.3 Å². The third kappa shape index (κ3) is 4.78. The zero-order valence-electron chi connectivity index (χ0n) is 14.3. The number of nitrogens with zero attached hydrogens (tertiary/aromatic N) is 3. The van der Waals surface area contributed by atoms with Crippen LogP contribution < -0.4 is 14.8 Å². The van der Waals surface area contributed by atoms with E-state index in [0.29, 0.717) is 12.4 Å². The van der Waals surface area contributed by atoms with Crippen molar-refractivity contribution < 1.29 is 23.0 Å². The molecule has 3 rings (SSSR count). The molecule has 0 radical (unpaired) electrons.